The fourth-order valence-electron chi connectivity index (χ4n) is 1.07. The van der Waals surface area contributed by atoms with Crippen LogP contribution in [-0.4, -0.2) is 19.1 Å². The van der Waals surface area contributed by atoms with Gasteiger partial charge in [-0.2, -0.15) is 4.98 Å². The average molecular weight is 178 g/mol. The maximum atomic E-state index is 5.41. The van der Waals surface area contributed by atoms with E-state index < -0.39 is 0 Å². The molecule has 1 aromatic heterocycles. The van der Waals surface area contributed by atoms with E-state index in [1.165, 1.54) is 5.06 Å². The van der Waals surface area contributed by atoms with E-state index in [2.05, 4.69) is 4.98 Å². The molecule has 0 saturated heterocycles. The molecule has 0 spiro atoms. The molecule has 0 bridgehead atoms. The van der Waals surface area contributed by atoms with E-state index in [4.69, 9.17) is 9.25 Å². The molecule has 2 aromatic rings. The van der Waals surface area contributed by atoms with Crippen LogP contribution in [0.2, 0.25) is 0 Å². The summed E-state index contributed by atoms with van der Waals surface area (Å²) in [7, 11) is 3.31. The minimum atomic E-state index is 0.462. The second kappa shape index (κ2) is 3.06. The first-order valence-electron chi connectivity index (χ1n) is 3.94. The number of benzene rings is 1. The topological polar surface area (TPSA) is 38.5 Å². The zero-order valence-electron chi connectivity index (χ0n) is 7.52. The van der Waals surface area contributed by atoms with Gasteiger partial charge < -0.3 is 4.42 Å². The average Bonchev–Trinajstić information content (AvgIpc) is 2.59. The number of nitrogens with zero attached hydrogens (tertiary/aromatic N) is 2. The Balaban J connectivity index is 2.49. The summed E-state index contributed by atoms with van der Waals surface area (Å²) >= 11 is 0. The molecule has 1 aromatic carbocycles. The van der Waals surface area contributed by atoms with E-state index in [0.29, 0.717) is 6.01 Å². The van der Waals surface area contributed by atoms with Gasteiger partial charge in [-0.25, -0.2) is 5.06 Å². The van der Waals surface area contributed by atoms with Crippen molar-refractivity contribution < 1.29 is 9.25 Å². The molecule has 0 atom stereocenters. The molecule has 1 heterocycles. The molecule has 0 unspecified atom stereocenters. The van der Waals surface area contributed by atoms with Gasteiger partial charge in [0.05, 0.1) is 7.11 Å². The number of anilines is 1. The van der Waals surface area contributed by atoms with Gasteiger partial charge in [0.15, 0.2) is 5.58 Å². The first kappa shape index (κ1) is 8.07. The number of hydroxylamine groups is 1. The van der Waals surface area contributed by atoms with Crippen molar-refractivity contribution in [2.45, 2.75) is 0 Å². The van der Waals surface area contributed by atoms with Crippen LogP contribution < -0.4 is 5.06 Å². The highest BCUT2D eigenvalue weighted by Crippen LogP contribution is 2.20. The molecule has 0 aliphatic heterocycles. The van der Waals surface area contributed by atoms with Crippen molar-refractivity contribution in [1.29, 1.82) is 0 Å². The van der Waals surface area contributed by atoms with Gasteiger partial charge in [-0.1, -0.05) is 12.1 Å². The Hall–Kier alpha value is -1.55. The smallest absolute Gasteiger partial charge is 0.322 e. The number of fused-ring (bicyclic) bond motifs is 1. The van der Waals surface area contributed by atoms with E-state index in [0.717, 1.165) is 11.1 Å². The van der Waals surface area contributed by atoms with Gasteiger partial charge in [0.25, 0.3) is 0 Å². The van der Waals surface area contributed by atoms with Crippen LogP contribution in [0.15, 0.2) is 28.7 Å². The van der Waals surface area contributed by atoms with Gasteiger partial charge in [0, 0.05) is 7.05 Å². The zero-order valence-corrected chi connectivity index (χ0v) is 7.52. The molecule has 0 fully saturated rings. The highest BCUT2D eigenvalue weighted by molar-refractivity contribution is 5.74. The molecule has 13 heavy (non-hydrogen) atoms. The number of hydrogen-bond donors (Lipinski definition) is 0. The van der Waals surface area contributed by atoms with Crippen LogP contribution in [-0.2, 0) is 4.84 Å². The third-order valence-electron chi connectivity index (χ3n) is 1.83. The number of aromatic nitrogens is 1. The molecule has 0 aliphatic rings. The van der Waals surface area contributed by atoms with E-state index in [-0.39, 0.29) is 0 Å². The SMILES string of the molecule is CON(C)c1nc2ccccc2o1. The van der Waals surface area contributed by atoms with Gasteiger partial charge in [0.2, 0.25) is 0 Å². The van der Waals surface area contributed by atoms with Crippen molar-refractivity contribution in [3.63, 3.8) is 0 Å². The number of oxazole rings is 1. The highest BCUT2D eigenvalue weighted by Gasteiger charge is 2.08. The van der Waals surface area contributed by atoms with E-state index in [1.54, 1.807) is 14.2 Å². The van der Waals surface area contributed by atoms with Crippen LogP contribution in [0.3, 0.4) is 0 Å². The van der Waals surface area contributed by atoms with Crippen LogP contribution in [0.25, 0.3) is 11.1 Å². The molecule has 4 heteroatoms. The minimum absolute atomic E-state index is 0.462. The molecular formula is C9H10N2O2. The third-order valence-corrected chi connectivity index (χ3v) is 1.83. The summed E-state index contributed by atoms with van der Waals surface area (Å²) in [5.41, 5.74) is 1.60. The molecule has 68 valence electrons. The Bertz CT molecular complexity index is 378. The summed E-state index contributed by atoms with van der Waals surface area (Å²) in [6, 6.07) is 8.05. The number of para-hydroxylation sites is 2. The second-order valence-corrected chi connectivity index (χ2v) is 2.64. The Morgan fingerprint density at radius 2 is 2.15 bits per heavy atom. The largest absolute Gasteiger partial charge is 0.422 e. The third kappa shape index (κ3) is 1.36. The van der Waals surface area contributed by atoms with E-state index in [9.17, 15) is 0 Å². The summed E-state index contributed by atoms with van der Waals surface area (Å²) in [6.45, 7) is 0. The predicted octanol–water partition coefficient (Wildman–Crippen LogP) is 1.83. The van der Waals surface area contributed by atoms with Crippen molar-refractivity contribution >= 4 is 17.1 Å². The van der Waals surface area contributed by atoms with Crippen LogP contribution in [0.4, 0.5) is 6.01 Å². The van der Waals surface area contributed by atoms with Crippen molar-refractivity contribution in [1.82, 2.24) is 4.98 Å². The highest BCUT2D eigenvalue weighted by atomic mass is 16.7. The Kier molecular flexibility index (Phi) is 1.90. The van der Waals surface area contributed by atoms with Crippen molar-refractivity contribution in [3.8, 4) is 0 Å². The summed E-state index contributed by atoms with van der Waals surface area (Å²) in [5.74, 6) is 0. The van der Waals surface area contributed by atoms with E-state index >= 15 is 0 Å². The fourth-order valence-corrected chi connectivity index (χ4v) is 1.07. The van der Waals surface area contributed by atoms with Gasteiger partial charge in [0.1, 0.15) is 5.52 Å². The molecule has 4 nitrogen and oxygen atoms in total. The van der Waals surface area contributed by atoms with Crippen LogP contribution >= 0.6 is 0 Å². The second-order valence-electron chi connectivity index (χ2n) is 2.64. The lowest BCUT2D eigenvalue weighted by Gasteiger charge is -2.08. The first-order chi connectivity index (χ1) is 6.31. The molecule has 0 saturated carbocycles. The maximum absolute atomic E-state index is 5.41. The van der Waals surface area contributed by atoms with Crippen LogP contribution in [0.1, 0.15) is 0 Å². The lowest BCUT2D eigenvalue weighted by Crippen LogP contribution is -2.14. The molecule has 0 radical (unpaired) electrons. The lowest BCUT2D eigenvalue weighted by atomic mass is 10.3. The molecule has 2 rings (SSSR count). The first-order valence-corrected chi connectivity index (χ1v) is 3.94. The predicted molar refractivity (Wildman–Crippen MR) is 49.4 cm³/mol. The normalized spacial score (nSPS) is 10.6. The maximum Gasteiger partial charge on any atom is 0.322 e. The molecule has 0 amide bonds. The van der Waals surface area contributed by atoms with Crippen molar-refractivity contribution in [2.75, 3.05) is 19.2 Å². The lowest BCUT2D eigenvalue weighted by molar-refractivity contribution is 0.169. The quantitative estimate of drug-likeness (QED) is 0.657. The fraction of sp³-hybridized carbons (Fsp3) is 0.222. The molecular weight excluding hydrogens is 168 g/mol. The van der Waals surface area contributed by atoms with Gasteiger partial charge >= 0.3 is 6.01 Å². The zero-order chi connectivity index (χ0) is 9.26. The number of hydrogen-bond acceptors (Lipinski definition) is 4. The Morgan fingerprint density at radius 1 is 1.38 bits per heavy atom. The number of rotatable bonds is 2. The van der Waals surface area contributed by atoms with Crippen LogP contribution in [0, 0.1) is 0 Å². The molecule has 0 N–H and O–H groups in total. The Labute approximate surface area is 75.7 Å². The van der Waals surface area contributed by atoms with E-state index in [1.807, 2.05) is 24.3 Å². The standard InChI is InChI=1S/C9H10N2O2/c1-11(12-2)9-10-7-5-3-4-6-8(7)13-9/h3-6H,1-2H3. The Morgan fingerprint density at radius 3 is 2.85 bits per heavy atom. The summed E-state index contributed by atoms with van der Waals surface area (Å²) < 4.78 is 5.41. The van der Waals surface area contributed by atoms with Gasteiger partial charge in [-0.3, -0.25) is 4.84 Å². The van der Waals surface area contributed by atoms with Crippen LogP contribution in [0.5, 0.6) is 0 Å². The van der Waals surface area contributed by atoms with Crippen molar-refractivity contribution in [2.24, 2.45) is 0 Å². The summed E-state index contributed by atoms with van der Waals surface area (Å²) in [6.07, 6.45) is 0. The summed E-state index contributed by atoms with van der Waals surface area (Å²) in [4.78, 5) is 9.16. The van der Waals surface area contributed by atoms with Gasteiger partial charge in [-0.05, 0) is 12.1 Å². The molecule has 0 aliphatic carbocycles. The van der Waals surface area contributed by atoms with Gasteiger partial charge in [-0.15, -0.1) is 0 Å². The van der Waals surface area contributed by atoms with Crippen molar-refractivity contribution in [3.05, 3.63) is 24.3 Å². The summed E-state index contributed by atoms with van der Waals surface area (Å²) in [5, 5.41) is 1.47. The minimum Gasteiger partial charge on any atom is -0.422 e. The monoisotopic (exact) mass is 178 g/mol.